The van der Waals surface area contributed by atoms with Gasteiger partial charge in [-0.3, -0.25) is 0 Å². The number of rotatable bonds is 2. The van der Waals surface area contributed by atoms with E-state index in [1.165, 1.54) is 36.9 Å². The summed E-state index contributed by atoms with van der Waals surface area (Å²) in [7, 11) is 2.29. The van der Waals surface area contributed by atoms with Crippen molar-refractivity contribution in [1.29, 1.82) is 0 Å². The van der Waals surface area contributed by atoms with Crippen LogP contribution in [0.25, 0.3) is 0 Å². The minimum Gasteiger partial charge on any atom is -0.382 e. The van der Waals surface area contributed by atoms with Gasteiger partial charge in [-0.1, -0.05) is 22.0 Å². The fraction of sp³-hybridized carbons (Fsp3) is 0.600. The van der Waals surface area contributed by atoms with Gasteiger partial charge in [-0.05, 0) is 57.4 Å². The van der Waals surface area contributed by atoms with E-state index in [1.807, 2.05) is 0 Å². The molecule has 2 fully saturated rings. The van der Waals surface area contributed by atoms with Gasteiger partial charge in [0.15, 0.2) is 0 Å². The molecule has 0 spiro atoms. The molecular formula is C15H21BrN2. The van der Waals surface area contributed by atoms with Gasteiger partial charge in [-0.2, -0.15) is 0 Å². The van der Waals surface area contributed by atoms with Crippen molar-refractivity contribution >= 4 is 21.6 Å². The number of nitrogens with zero attached hydrogens (tertiary/aromatic N) is 1. The number of aryl methyl sites for hydroxylation is 1. The Balaban J connectivity index is 1.72. The van der Waals surface area contributed by atoms with Crippen molar-refractivity contribution in [3.05, 3.63) is 28.2 Å². The smallest absolute Gasteiger partial charge is 0.0383 e. The first-order chi connectivity index (χ1) is 8.63. The van der Waals surface area contributed by atoms with Crippen LogP contribution in [0.15, 0.2) is 22.7 Å². The van der Waals surface area contributed by atoms with E-state index in [4.69, 9.17) is 0 Å². The van der Waals surface area contributed by atoms with E-state index >= 15 is 0 Å². The molecule has 3 heteroatoms. The normalized spacial score (nSPS) is 31.6. The number of halogens is 1. The van der Waals surface area contributed by atoms with Crippen molar-refractivity contribution in [2.45, 2.75) is 50.7 Å². The molecule has 0 saturated carbocycles. The summed E-state index contributed by atoms with van der Waals surface area (Å²) in [6.07, 6.45) is 5.35. The number of anilines is 1. The molecule has 1 N–H and O–H groups in total. The zero-order valence-corrected chi connectivity index (χ0v) is 12.7. The average molecular weight is 309 g/mol. The van der Waals surface area contributed by atoms with Crippen molar-refractivity contribution in [1.82, 2.24) is 4.90 Å². The Labute approximate surface area is 118 Å². The van der Waals surface area contributed by atoms with Crippen LogP contribution in [-0.4, -0.2) is 30.1 Å². The van der Waals surface area contributed by atoms with Crippen molar-refractivity contribution in [2.75, 3.05) is 12.4 Å². The lowest BCUT2D eigenvalue weighted by Gasteiger charge is -2.37. The zero-order valence-electron chi connectivity index (χ0n) is 11.1. The highest BCUT2D eigenvalue weighted by Gasteiger charge is 2.38. The zero-order chi connectivity index (χ0) is 12.7. The Bertz CT molecular complexity index is 432. The molecule has 0 radical (unpaired) electrons. The molecular weight excluding hydrogens is 288 g/mol. The highest BCUT2D eigenvalue weighted by molar-refractivity contribution is 9.10. The van der Waals surface area contributed by atoms with Crippen LogP contribution in [0, 0.1) is 6.92 Å². The molecule has 1 aromatic carbocycles. The molecule has 2 nitrogen and oxygen atoms in total. The second-order valence-electron chi connectivity index (χ2n) is 5.82. The van der Waals surface area contributed by atoms with Gasteiger partial charge < -0.3 is 10.2 Å². The van der Waals surface area contributed by atoms with Gasteiger partial charge in [-0.15, -0.1) is 0 Å². The van der Waals surface area contributed by atoms with E-state index in [2.05, 4.69) is 58.3 Å². The molecule has 3 rings (SSSR count). The highest BCUT2D eigenvalue weighted by atomic mass is 79.9. The number of nitrogens with one attached hydrogen (secondary N) is 1. The lowest BCUT2D eigenvalue weighted by molar-refractivity contribution is 0.169. The lowest BCUT2D eigenvalue weighted by Crippen LogP contribution is -2.44. The maximum atomic E-state index is 3.75. The largest absolute Gasteiger partial charge is 0.382 e. The number of benzene rings is 1. The fourth-order valence-corrected chi connectivity index (χ4v) is 3.86. The van der Waals surface area contributed by atoms with Crippen LogP contribution in [0.4, 0.5) is 5.69 Å². The van der Waals surface area contributed by atoms with Gasteiger partial charge in [-0.25, -0.2) is 0 Å². The minimum absolute atomic E-state index is 0.645. The molecule has 2 atom stereocenters. The lowest BCUT2D eigenvalue weighted by atomic mass is 9.97. The Morgan fingerprint density at radius 1 is 1.22 bits per heavy atom. The summed E-state index contributed by atoms with van der Waals surface area (Å²) < 4.78 is 1.16. The molecule has 1 aromatic rings. The molecule has 0 amide bonds. The minimum atomic E-state index is 0.645. The molecule has 0 aromatic heterocycles. The van der Waals surface area contributed by atoms with Gasteiger partial charge in [0.1, 0.15) is 0 Å². The molecule has 2 bridgehead atoms. The number of piperidine rings is 1. The van der Waals surface area contributed by atoms with Gasteiger partial charge in [0.05, 0.1) is 0 Å². The summed E-state index contributed by atoms with van der Waals surface area (Å²) in [5.74, 6) is 0. The summed E-state index contributed by atoms with van der Waals surface area (Å²) >= 11 is 3.56. The van der Waals surface area contributed by atoms with E-state index in [-0.39, 0.29) is 0 Å². The van der Waals surface area contributed by atoms with Gasteiger partial charge in [0.2, 0.25) is 0 Å². The SMILES string of the molecule is Cc1ccc(Br)cc1NC1CC2CCC(C1)N2C. The fourth-order valence-electron chi connectivity index (χ4n) is 3.50. The van der Waals surface area contributed by atoms with Crippen LogP contribution in [0.5, 0.6) is 0 Å². The second kappa shape index (κ2) is 4.86. The molecule has 2 unspecified atom stereocenters. The Hall–Kier alpha value is -0.540. The van der Waals surface area contributed by atoms with Crippen LogP contribution in [0.2, 0.25) is 0 Å². The highest BCUT2D eigenvalue weighted by Crippen LogP contribution is 2.36. The summed E-state index contributed by atoms with van der Waals surface area (Å²) in [4.78, 5) is 2.59. The molecule has 2 heterocycles. The van der Waals surface area contributed by atoms with Crippen LogP contribution in [0.1, 0.15) is 31.2 Å². The summed E-state index contributed by atoms with van der Waals surface area (Å²) in [6, 6.07) is 8.74. The van der Waals surface area contributed by atoms with Crippen molar-refractivity contribution in [2.24, 2.45) is 0 Å². The third-order valence-electron chi connectivity index (χ3n) is 4.66. The van der Waals surface area contributed by atoms with Crippen LogP contribution < -0.4 is 5.32 Å². The van der Waals surface area contributed by atoms with Crippen LogP contribution in [0.3, 0.4) is 0 Å². The van der Waals surface area contributed by atoms with E-state index < -0.39 is 0 Å². The molecule has 18 heavy (non-hydrogen) atoms. The first-order valence-electron chi connectivity index (χ1n) is 6.88. The Kier molecular flexibility index (Phi) is 3.37. The molecule has 2 aliphatic heterocycles. The van der Waals surface area contributed by atoms with Crippen molar-refractivity contribution in [3.8, 4) is 0 Å². The Morgan fingerprint density at radius 2 is 1.89 bits per heavy atom. The molecule has 2 aliphatic rings. The first-order valence-corrected chi connectivity index (χ1v) is 7.67. The Morgan fingerprint density at radius 3 is 2.56 bits per heavy atom. The predicted octanol–water partition coefficient (Wildman–Crippen LogP) is 3.79. The standard InChI is InChI=1S/C15H21BrN2/c1-10-3-4-11(16)7-15(10)17-12-8-13-5-6-14(9-12)18(13)2/h3-4,7,12-14,17H,5-6,8-9H2,1-2H3. The number of fused-ring (bicyclic) bond motifs is 2. The third-order valence-corrected chi connectivity index (χ3v) is 5.15. The monoisotopic (exact) mass is 308 g/mol. The van der Waals surface area contributed by atoms with Crippen molar-refractivity contribution in [3.63, 3.8) is 0 Å². The second-order valence-corrected chi connectivity index (χ2v) is 6.74. The summed E-state index contributed by atoms with van der Waals surface area (Å²) in [5, 5.41) is 3.75. The van der Waals surface area contributed by atoms with E-state index in [1.54, 1.807) is 0 Å². The van der Waals surface area contributed by atoms with E-state index in [0.717, 1.165) is 16.6 Å². The summed E-state index contributed by atoms with van der Waals surface area (Å²) in [5.41, 5.74) is 2.63. The molecule has 98 valence electrons. The third kappa shape index (κ3) is 2.30. The quantitative estimate of drug-likeness (QED) is 0.894. The van der Waals surface area contributed by atoms with E-state index in [9.17, 15) is 0 Å². The molecule has 0 aliphatic carbocycles. The maximum absolute atomic E-state index is 3.75. The van der Waals surface area contributed by atoms with Crippen LogP contribution >= 0.6 is 15.9 Å². The maximum Gasteiger partial charge on any atom is 0.0383 e. The van der Waals surface area contributed by atoms with Gasteiger partial charge in [0.25, 0.3) is 0 Å². The first kappa shape index (κ1) is 12.5. The molecule has 2 saturated heterocycles. The summed E-state index contributed by atoms with van der Waals surface area (Å²) in [6.45, 7) is 2.18. The van der Waals surface area contributed by atoms with Crippen LogP contribution in [-0.2, 0) is 0 Å². The average Bonchev–Trinajstić information content (AvgIpc) is 2.58. The predicted molar refractivity (Wildman–Crippen MR) is 80.1 cm³/mol. The van der Waals surface area contributed by atoms with Gasteiger partial charge >= 0.3 is 0 Å². The number of hydrogen-bond donors (Lipinski definition) is 1. The van der Waals surface area contributed by atoms with Gasteiger partial charge in [0, 0.05) is 28.3 Å². The topological polar surface area (TPSA) is 15.3 Å². The number of hydrogen-bond acceptors (Lipinski definition) is 2. The van der Waals surface area contributed by atoms with Crippen molar-refractivity contribution < 1.29 is 0 Å². The van der Waals surface area contributed by atoms with E-state index in [0.29, 0.717) is 6.04 Å².